The minimum absolute atomic E-state index is 0.0199. The second-order valence-corrected chi connectivity index (χ2v) is 11.6. The zero-order valence-electron chi connectivity index (χ0n) is 18.7. The number of rotatable bonds is 5. The molecular formula is C26H24N4OS3. The summed E-state index contributed by atoms with van der Waals surface area (Å²) < 4.78 is 0. The molecular weight excluding hydrogens is 481 g/mol. The Morgan fingerprint density at radius 2 is 2.12 bits per heavy atom. The van der Waals surface area contributed by atoms with Crippen molar-refractivity contribution in [3.05, 3.63) is 74.1 Å². The van der Waals surface area contributed by atoms with Crippen molar-refractivity contribution in [2.24, 2.45) is 11.0 Å². The number of carbonyl (C=O) groups is 1. The first-order valence-electron chi connectivity index (χ1n) is 11.4. The van der Waals surface area contributed by atoms with Crippen molar-refractivity contribution in [1.29, 1.82) is 0 Å². The second-order valence-electron chi connectivity index (χ2n) is 8.72. The number of carbonyl (C=O) groups excluding carboxylic acids is 1. The molecule has 0 radical (unpaired) electrons. The topological polar surface area (TPSA) is 61.4 Å². The van der Waals surface area contributed by atoms with Crippen molar-refractivity contribution in [2.75, 3.05) is 5.75 Å². The molecule has 1 saturated carbocycles. The monoisotopic (exact) mass is 504 g/mol. The van der Waals surface area contributed by atoms with Crippen LogP contribution in [0, 0.1) is 12.8 Å². The number of aromatic amines is 1. The molecule has 8 heteroatoms. The molecule has 172 valence electrons. The van der Waals surface area contributed by atoms with E-state index in [2.05, 4.69) is 70.1 Å². The van der Waals surface area contributed by atoms with E-state index in [0.717, 1.165) is 41.2 Å². The number of fused-ring (bicyclic) bond motifs is 2. The molecule has 3 aromatic heterocycles. The van der Waals surface area contributed by atoms with Gasteiger partial charge in [0.15, 0.2) is 5.16 Å². The summed E-state index contributed by atoms with van der Waals surface area (Å²) in [6.07, 6.45) is 5.46. The molecule has 34 heavy (non-hydrogen) atoms. The zero-order chi connectivity index (χ0) is 23.1. The Bertz CT molecular complexity index is 1380. The highest BCUT2D eigenvalue weighted by Gasteiger charge is 2.44. The largest absolute Gasteiger partial charge is 0.333 e. The molecule has 2 aliphatic rings. The number of H-pyrrole nitrogens is 1. The number of hydrogen-bond donors (Lipinski definition) is 1. The Morgan fingerprint density at radius 3 is 2.94 bits per heavy atom. The number of hydrazone groups is 1. The van der Waals surface area contributed by atoms with Crippen LogP contribution in [-0.2, 0) is 4.79 Å². The lowest BCUT2D eigenvalue weighted by Gasteiger charge is -2.28. The number of nitrogens with one attached hydrogen (secondary N) is 1. The molecule has 1 amide bonds. The number of aryl methyl sites for hydroxylation is 1. The van der Waals surface area contributed by atoms with Crippen molar-refractivity contribution in [1.82, 2.24) is 15.0 Å². The molecule has 0 unspecified atom stereocenters. The molecule has 1 N–H and O–H groups in total. The van der Waals surface area contributed by atoms with Crippen LogP contribution in [0.1, 0.15) is 40.6 Å². The molecule has 1 aliphatic carbocycles. The maximum atomic E-state index is 13.5. The summed E-state index contributed by atoms with van der Waals surface area (Å²) in [5, 5.41) is 11.7. The number of allylic oxidation sites excluding steroid dienone is 1. The lowest BCUT2D eigenvalue weighted by atomic mass is 9.79. The van der Waals surface area contributed by atoms with Gasteiger partial charge in [0, 0.05) is 15.7 Å². The van der Waals surface area contributed by atoms with E-state index in [1.807, 2.05) is 6.07 Å². The highest BCUT2D eigenvalue weighted by molar-refractivity contribution is 7.99. The van der Waals surface area contributed by atoms with Gasteiger partial charge in [0.25, 0.3) is 5.91 Å². The summed E-state index contributed by atoms with van der Waals surface area (Å²) in [5.74, 6) is 0.577. The van der Waals surface area contributed by atoms with E-state index in [9.17, 15) is 4.79 Å². The first kappa shape index (κ1) is 21.8. The van der Waals surface area contributed by atoms with Crippen LogP contribution in [0.25, 0.3) is 17.1 Å². The Hall–Kier alpha value is -2.68. The Morgan fingerprint density at radius 1 is 1.24 bits per heavy atom. The number of benzene rings is 1. The summed E-state index contributed by atoms with van der Waals surface area (Å²) >= 11 is 4.90. The van der Waals surface area contributed by atoms with E-state index in [1.165, 1.54) is 32.7 Å². The van der Waals surface area contributed by atoms with Gasteiger partial charge in [0.1, 0.15) is 0 Å². The number of amides is 1. The van der Waals surface area contributed by atoms with Crippen molar-refractivity contribution in [2.45, 2.75) is 37.4 Å². The third kappa shape index (κ3) is 4.15. The quantitative estimate of drug-likeness (QED) is 0.300. The van der Waals surface area contributed by atoms with E-state index in [1.54, 1.807) is 27.7 Å². The Labute approximate surface area is 210 Å². The number of thiophene rings is 2. The molecule has 6 rings (SSSR count). The summed E-state index contributed by atoms with van der Waals surface area (Å²) in [6.45, 7) is 2.06. The number of hydrogen-bond acceptors (Lipinski definition) is 6. The van der Waals surface area contributed by atoms with Gasteiger partial charge in [-0.15, -0.1) is 22.7 Å². The van der Waals surface area contributed by atoms with Crippen LogP contribution in [0.4, 0.5) is 0 Å². The van der Waals surface area contributed by atoms with Gasteiger partial charge in [0.2, 0.25) is 0 Å². The summed E-state index contributed by atoms with van der Waals surface area (Å²) in [4.78, 5) is 23.9. The number of aromatic nitrogens is 2. The molecule has 1 aliphatic heterocycles. The van der Waals surface area contributed by atoms with Gasteiger partial charge in [-0.2, -0.15) is 5.10 Å². The van der Waals surface area contributed by atoms with E-state index < -0.39 is 0 Å². The lowest BCUT2D eigenvalue weighted by Crippen LogP contribution is -2.32. The predicted octanol–water partition coefficient (Wildman–Crippen LogP) is 6.91. The molecule has 0 saturated heterocycles. The molecule has 0 bridgehead atoms. The molecule has 4 aromatic rings. The molecule has 1 fully saturated rings. The fourth-order valence-corrected chi connectivity index (χ4v) is 7.15. The minimum atomic E-state index is -0.0199. The number of nitrogens with zero attached hydrogens (tertiary/aromatic N) is 3. The molecule has 4 heterocycles. The van der Waals surface area contributed by atoms with Crippen LogP contribution < -0.4 is 0 Å². The minimum Gasteiger partial charge on any atom is -0.333 e. The van der Waals surface area contributed by atoms with Crippen molar-refractivity contribution >= 4 is 63.2 Å². The summed E-state index contributed by atoms with van der Waals surface area (Å²) in [7, 11) is 0. The number of imidazole rings is 1. The maximum absolute atomic E-state index is 13.5. The standard InChI is InChI=1S/C26H24N4OS3/c1-16-9-10-20-21(13-16)28-26(27-20)34-15-23(31)30-25(22-8-4-12-33-22)19-7-2-5-17(24(19)29-30)14-18-6-3-11-32-18/h3-4,6,8-14,19,25H,2,5,7,15H2,1H3,(H,27,28)/b17-14+/t19-,25+/m1/s1. The van der Waals surface area contributed by atoms with Crippen LogP contribution in [0.5, 0.6) is 0 Å². The van der Waals surface area contributed by atoms with E-state index >= 15 is 0 Å². The van der Waals surface area contributed by atoms with Gasteiger partial charge in [-0.1, -0.05) is 30.0 Å². The SMILES string of the molecule is Cc1ccc2nc(SCC(=O)N3N=C4/C(=C/c5cccs5)CCC[C@H]4[C@H]3c3cccs3)[nH]c2c1. The lowest BCUT2D eigenvalue weighted by molar-refractivity contribution is -0.130. The van der Waals surface area contributed by atoms with Gasteiger partial charge in [0.05, 0.1) is 28.5 Å². The molecule has 5 nitrogen and oxygen atoms in total. The van der Waals surface area contributed by atoms with Gasteiger partial charge < -0.3 is 4.98 Å². The van der Waals surface area contributed by atoms with Crippen molar-refractivity contribution in [3.8, 4) is 0 Å². The van der Waals surface area contributed by atoms with Gasteiger partial charge >= 0.3 is 0 Å². The van der Waals surface area contributed by atoms with Gasteiger partial charge in [-0.05, 0) is 78.4 Å². The van der Waals surface area contributed by atoms with Crippen LogP contribution in [0.15, 0.2) is 69.1 Å². The Balaban J connectivity index is 1.27. The Kier molecular flexibility index (Phi) is 5.89. The summed E-state index contributed by atoms with van der Waals surface area (Å²) in [5.41, 5.74) is 5.48. The molecule has 2 atom stereocenters. The highest BCUT2D eigenvalue weighted by atomic mass is 32.2. The third-order valence-electron chi connectivity index (χ3n) is 6.40. The molecule has 0 spiro atoms. The third-order valence-corrected chi connectivity index (χ3v) is 9.02. The van der Waals surface area contributed by atoms with Crippen molar-refractivity contribution < 1.29 is 4.79 Å². The first-order valence-corrected chi connectivity index (χ1v) is 14.2. The van der Waals surface area contributed by atoms with E-state index in [-0.39, 0.29) is 17.9 Å². The normalized spacial score (nSPS) is 21.3. The predicted molar refractivity (Wildman–Crippen MR) is 143 cm³/mol. The first-order chi connectivity index (χ1) is 16.7. The van der Waals surface area contributed by atoms with Crippen LogP contribution in [0.2, 0.25) is 0 Å². The molecule has 1 aromatic carbocycles. The summed E-state index contributed by atoms with van der Waals surface area (Å²) in [6, 6.07) is 14.6. The van der Waals surface area contributed by atoms with Gasteiger partial charge in [-0.25, -0.2) is 9.99 Å². The van der Waals surface area contributed by atoms with E-state index in [4.69, 9.17) is 5.10 Å². The average Bonchev–Trinajstić information content (AvgIpc) is 3.63. The smallest absolute Gasteiger partial charge is 0.253 e. The van der Waals surface area contributed by atoms with E-state index in [0.29, 0.717) is 5.75 Å². The second kappa shape index (κ2) is 9.17. The van der Waals surface area contributed by atoms with Crippen LogP contribution in [-0.4, -0.2) is 32.3 Å². The fraction of sp³-hybridized carbons (Fsp3) is 0.269. The average molecular weight is 505 g/mol. The van der Waals surface area contributed by atoms with Crippen LogP contribution >= 0.6 is 34.4 Å². The zero-order valence-corrected chi connectivity index (χ0v) is 21.2. The number of thioether (sulfide) groups is 1. The van der Waals surface area contributed by atoms with Gasteiger partial charge in [-0.3, -0.25) is 4.79 Å². The van der Waals surface area contributed by atoms with Crippen LogP contribution in [0.3, 0.4) is 0 Å². The fourth-order valence-electron chi connectivity index (χ4n) is 4.85. The van der Waals surface area contributed by atoms with Crippen molar-refractivity contribution in [3.63, 3.8) is 0 Å². The maximum Gasteiger partial charge on any atom is 0.253 e. The highest BCUT2D eigenvalue weighted by Crippen LogP contribution is 2.46.